The molecule has 1 heterocycles. The molecule has 0 saturated carbocycles. The molecule has 20 heavy (non-hydrogen) atoms. The van der Waals surface area contributed by atoms with Crippen LogP contribution in [-0.4, -0.2) is 31.3 Å². The Balaban J connectivity index is 2.67. The lowest BCUT2D eigenvalue weighted by Gasteiger charge is -2.24. The van der Waals surface area contributed by atoms with Gasteiger partial charge in [-0.2, -0.15) is 0 Å². The van der Waals surface area contributed by atoms with Crippen molar-refractivity contribution >= 4 is 33.4 Å². The number of ether oxygens (including phenoxy) is 2. The van der Waals surface area contributed by atoms with E-state index in [1.54, 1.807) is 12.2 Å². The van der Waals surface area contributed by atoms with Gasteiger partial charge in [-0.1, -0.05) is 6.08 Å². The predicted octanol–water partition coefficient (Wildman–Crippen LogP) is 2.88. The van der Waals surface area contributed by atoms with Crippen LogP contribution in [0.2, 0.25) is 0 Å². The van der Waals surface area contributed by atoms with Crippen molar-refractivity contribution in [1.29, 1.82) is 0 Å². The first-order valence-electron chi connectivity index (χ1n) is 5.66. The Morgan fingerprint density at radius 2 is 2.25 bits per heavy atom. The number of halogens is 1. The zero-order chi connectivity index (χ0) is 14.7. The molecular formula is C12H11BrN2O5. The first-order chi connectivity index (χ1) is 9.56. The van der Waals surface area contributed by atoms with E-state index in [0.717, 1.165) is 4.90 Å². The minimum atomic E-state index is -0.692. The molecule has 1 aliphatic heterocycles. The van der Waals surface area contributed by atoms with Gasteiger partial charge in [0.2, 0.25) is 0 Å². The molecule has 8 heteroatoms. The smallest absolute Gasteiger partial charge is 0.414 e. The molecular weight excluding hydrogens is 332 g/mol. The molecule has 7 nitrogen and oxygen atoms in total. The molecule has 1 aromatic rings. The number of rotatable bonds is 1. The fraction of sp³-hybridized carbons (Fsp3) is 0.250. The molecule has 0 unspecified atom stereocenters. The van der Waals surface area contributed by atoms with Gasteiger partial charge in [0, 0.05) is 12.6 Å². The number of methoxy groups -OCH3 is 1. The van der Waals surface area contributed by atoms with Gasteiger partial charge in [0.1, 0.15) is 6.61 Å². The number of amides is 1. The van der Waals surface area contributed by atoms with Gasteiger partial charge in [-0.3, -0.25) is 15.0 Å². The number of hydrogen-bond donors (Lipinski definition) is 0. The Hall–Kier alpha value is -2.09. The zero-order valence-corrected chi connectivity index (χ0v) is 12.1. The largest absolute Gasteiger partial charge is 0.486 e. The van der Waals surface area contributed by atoms with Crippen LogP contribution in [0.15, 0.2) is 28.8 Å². The Morgan fingerprint density at radius 3 is 2.90 bits per heavy atom. The van der Waals surface area contributed by atoms with Crippen LogP contribution < -0.4 is 9.64 Å². The molecule has 0 N–H and O–H groups in total. The van der Waals surface area contributed by atoms with Crippen molar-refractivity contribution < 1.29 is 19.2 Å². The van der Waals surface area contributed by atoms with Crippen LogP contribution in [0, 0.1) is 10.1 Å². The normalized spacial score (nSPS) is 15.4. The van der Waals surface area contributed by atoms with Crippen molar-refractivity contribution in [2.45, 2.75) is 0 Å². The predicted molar refractivity (Wildman–Crippen MR) is 75.2 cm³/mol. The Morgan fingerprint density at radius 1 is 1.50 bits per heavy atom. The quantitative estimate of drug-likeness (QED) is 0.445. The molecule has 0 atom stereocenters. The lowest BCUT2D eigenvalue weighted by Crippen LogP contribution is -2.32. The van der Waals surface area contributed by atoms with Gasteiger partial charge in [0.25, 0.3) is 5.69 Å². The summed E-state index contributed by atoms with van der Waals surface area (Å²) in [5, 5.41) is 11.2. The molecule has 1 amide bonds. The van der Waals surface area contributed by atoms with Crippen molar-refractivity contribution in [2.24, 2.45) is 0 Å². The van der Waals surface area contributed by atoms with E-state index >= 15 is 0 Å². The standard InChI is InChI=1S/C12H11BrN2O5/c1-19-12(16)14-6-2-3-7-20-11-8(13)4-5-9(10(11)14)15(17)18/h2-5H,6-7H2,1H3/b3-2-. The average molecular weight is 343 g/mol. The number of hydrogen-bond acceptors (Lipinski definition) is 5. The third kappa shape index (κ3) is 2.60. The summed E-state index contributed by atoms with van der Waals surface area (Å²) in [7, 11) is 1.22. The highest BCUT2D eigenvalue weighted by atomic mass is 79.9. The summed E-state index contributed by atoms with van der Waals surface area (Å²) in [6.45, 7) is 0.433. The highest BCUT2D eigenvalue weighted by Crippen LogP contribution is 2.43. The maximum Gasteiger partial charge on any atom is 0.414 e. The summed E-state index contributed by atoms with van der Waals surface area (Å²) >= 11 is 3.27. The highest BCUT2D eigenvalue weighted by Gasteiger charge is 2.30. The summed E-state index contributed by atoms with van der Waals surface area (Å²) in [4.78, 5) is 23.6. The van der Waals surface area contributed by atoms with E-state index in [4.69, 9.17) is 4.74 Å². The lowest BCUT2D eigenvalue weighted by atomic mass is 10.2. The minimum absolute atomic E-state index is 0.0839. The maximum atomic E-state index is 11.9. The van der Waals surface area contributed by atoms with E-state index in [1.165, 1.54) is 19.2 Å². The van der Waals surface area contributed by atoms with Gasteiger partial charge in [0.15, 0.2) is 11.4 Å². The van der Waals surface area contributed by atoms with Crippen molar-refractivity contribution in [3.8, 4) is 5.75 Å². The Kier molecular flexibility index (Phi) is 4.23. The minimum Gasteiger partial charge on any atom is -0.486 e. The summed E-state index contributed by atoms with van der Waals surface area (Å²) in [6, 6.07) is 2.82. The topological polar surface area (TPSA) is 81.9 Å². The zero-order valence-electron chi connectivity index (χ0n) is 10.5. The molecule has 2 rings (SSSR count). The molecule has 0 radical (unpaired) electrons. The Bertz CT molecular complexity index is 587. The van der Waals surface area contributed by atoms with Gasteiger partial charge in [-0.15, -0.1) is 0 Å². The molecule has 106 valence electrons. The number of carbonyl (C=O) groups is 1. The van der Waals surface area contributed by atoms with E-state index in [9.17, 15) is 14.9 Å². The van der Waals surface area contributed by atoms with Crippen LogP contribution in [0.25, 0.3) is 0 Å². The van der Waals surface area contributed by atoms with Crippen molar-refractivity contribution in [3.05, 3.63) is 38.9 Å². The molecule has 1 aliphatic rings. The number of benzene rings is 1. The third-order valence-electron chi connectivity index (χ3n) is 2.70. The van der Waals surface area contributed by atoms with Gasteiger partial charge in [0.05, 0.1) is 16.5 Å². The summed E-state index contributed by atoms with van der Waals surface area (Å²) in [5.41, 5.74) is -0.135. The average Bonchev–Trinajstić information content (AvgIpc) is 2.39. The second-order valence-corrected chi connectivity index (χ2v) is 4.72. The van der Waals surface area contributed by atoms with Crippen LogP contribution >= 0.6 is 15.9 Å². The molecule has 0 bridgehead atoms. The molecule has 0 aliphatic carbocycles. The van der Waals surface area contributed by atoms with Gasteiger partial charge >= 0.3 is 6.09 Å². The number of nitro groups is 1. The summed E-state index contributed by atoms with van der Waals surface area (Å²) < 4.78 is 10.7. The number of anilines is 1. The fourth-order valence-corrected chi connectivity index (χ4v) is 2.26. The van der Waals surface area contributed by atoms with E-state index in [-0.39, 0.29) is 30.3 Å². The summed E-state index contributed by atoms with van der Waals surface area (Å²) in [6.07, 6.45) is 2.72. The van der Waals surface area contributed by atoms with E-state index in [1.807, 2.05) is 0 Å². The van der Waals surface area contributed by atoms with Crippen LogP contribution in [0.5, 0.6) is 5.75 Å². The molecule has 0 fully saturated rings. The number of carbonyl (C=O) groups excluding carboxylic acids is 1. The van der Waals surface area contributed by atoms with Gasteiger partial charge in [-0.05, 0) is 28.1 Å². The number of nitro benzene ring substituents is 1. The molecule has 0 aromatic heterocycles. The highest BCUT2D eigenvalue weighted by molar-refractivity contribution is 9.10. The number of fused-ring (bicyclic) bond motifs is 1. The van der Waals surface area contributed by atoms with Gasteiger partial charge < -0.3 is 9.47 Å². The molecule has 0 spiro atoms. The lowest BCUT2D eigenvalue weighted by molar-refractivity contribution is -0.384. The molecule has 1 aromatic carbocycles. The van der Waals surface area contributed by atoms with E-state index < -0.39 is 11.0 Å². The first-order valence-corrected chi connectivity index (χ1v) is 6.45. The molecule has 0 saturated heterocycles. The van der Waals surface area contributed by atoms with Crippen LogP contribution in [0.4, 0.5) is 16.2 Å². The van der Waals surface area contributed by atoms with E-state index in [2.05, 4.69) is 20.7 Å². The maximum absolute atomic E-state index is 11.9. The third-order valence-corrected chi connectivity index (χ3v) is 3.33. The Labute approximate surface area is 123 Å². The van der Waals surface area contributed by atoms with Crippen LogP contribution in [0.1, 0.15) is 0 Å². The van der Waals surface area contributed by atoms with Crippen LogP contribution in [0.3, 0.4) is 0 Å². The SMILES string of the molecule is COC(=O)N1C/C=C\COc2c(Br)ccc([N+](=O)[O-])c21. The van der Waals surface area contributed by atoms with Gasteiger partial charge in [-0.25, -0.2) is 4.79 Å². The summed E-state index contributed by atoms with van der Waals surface area (Å²) in [5.74, 6) is 0.244. The monoisotopic (exact) mass is 342 g/mol. The van der Waals surface area contributed by atoms with E-state index in [0.29, 0.717) is 4.47 Å². The van der Waals surface area contributed by atoms with Crippen molar-refractivity contribution in [2.75, 3.05) is 25.2 Å². The number of nitrogens with zero attached hydrogens (tertiary/aromatic N) is 2. The fourth-order valence-electron chi connectivity index (χ4n) is 1.83. The van der Waals surface area contributed by atoms with Crippen molar-refractivity contribution in [3.63, 3.8) is 0 Å². The second kappa shape index (κ2) is 5.91. The first kappa shape index (κ1) is 14.3. The van der Waals surface area contributed by atoms with Crippen molar-refractivity contribution in [1.82, 2.24) is 0 Å². The second-order valence-electron chi connectivity index (χ2n) is 3.86. The van der Waals surface area contributed by atoms with Crippen LogP contribution in [-0.2, 0) is 4.74 Å².